The predicted octanol–water partition coefficient (Wildman–Crippen LogP) is 3.94. The lowest BCUT2D eigenvalue weighted by Gasteiger charge is -2.05. The van der Waals surface area contributed by atoms with E-state index in [4.69, 9.17) is 4.52 Å². The third-order valence-electron chi connectivity index (χ3n) is 4.72. The maximum Gasteiger partial charge on any atom is 0.258 e. The minimum atomic E-state index is -0.164. The molecular formula is C22H16N6O2. The summed E-state index contributed by atoms with van der Waals surface area (Å²) >= 11 is 0. The number of hydrogen-bond donors (Lipinski definition) is 1. The third kappa shape index (κ3) is 3.30. The highest BCUT2D eigenvalue weighted by atomic mass is 16.5. The number of nitrogens with one attached hydrogen (secondary N) is 1. The molecule has 2 heterocycles. The van der Waals surface area contributed by atoms with Crippen molar-refractivity contribution in [3.05, 3.63) is 78.4 Å². The lowest BCUT2D eigenvalue weighted by molar-refractivity contribution is 0.102. The Morgan fingerprint density at radius 1 is 0.967 bits per heavy atom. The minimum Gasteiger partial charge on any atom is -0.334 e. The fourth-order valence-corrected chi connectivity index (χ4v) is 3.13. The third-order valence-corrected chi connectivity index (χ3v) is 4.72. The molecule has 8 nitrogen and oxygen atoms in total. The van der Waals surface area contributed by atoms with E-state index in [9.17, 15) is 4.79 Å². The second kappa shape index (κ2) is 7.25. The molecule has 0 unspecified atom stereocenters. The number of rotatable bonds is 4. The zero-order valence-corrected chi connectivity index (χ0v) is 16.0. The monoisotopic (exact) mass is 396 g/mol. The molecule has 0 spiro atoms. The molecule has 0 radical (unpaired) electrons. The number of amides is 1. The number of aryl methyl sites for hydroxylation is 1. The van der Waals surface area contributed by atoms with E-state index in [1.54, 1.807) is 28.9 Å². The van der Waals surface area contributed by atoms with Gasteiger partial charge in [-0.1, -0.05) is 28.6 Å². The summed E-state index contributed by atoms with van der Waals surface area (Å²) in [6.45, 7) is 0. The van der Waals surface area contributed by atoms with Gasteiger partial charge in [0.25, 0.3) is 11.8 Å². The lowest BCUT2D eigenvalue weighted by Crippen LogP contribution is -2.11. The first kappa shape index (κ1) is 17.7. The maximum absolute atomic E-state index is 12.3. The van der Waals surface area contributed by atoms with Crippen LogP contribution in [-0.2, 0) is 7.05 Å². The average molecular weight is 396 g/mol. The van der Waals surface area contributed by atoms with E-state index in [0.29, 0.717) is 23.0 Å². The van der Waals surface area contributed by atoms with Gasteiger partial charge in [-0.15, -0.1) is 5.10 Å². The van der Waals surface area contributed by atoms with E-state index in [0.717, 1.165) is 22.2 Å². The molecule has 8 heteroatoms. The Balaban J connectivity index is 1.35. The Labute approximate surface area is 171 Å². The summed E-state index contributed by atoms with van der Waals surface area (Å²) in [4.78, 5) is 16.7. The number of anilines is 1. The Morgan fingerprint density at radius 2 is 1.73 bits per heavy atom. The van der Waals surface area contributed by atoms with Gasteiger partial charge in [-0.2, -0.15) is 4.98 Å². The Bertz CT molecular complexity index is 1340. The van der Waals surface area contributed by atoms with E-state index in [1.807, 2.05) is 55.6 Å². The lowest BCUT2D eigenvalue weighted by atomic mass is 10.1. The minimum absolute atomic E-state index is 0.164. The van der Waals surface area contributed by atoms with Crippen LogP contribution in [0.5, 0.6) is 0 Å². The average Bonchev–Trinajstić information content (AvgIpc) is 3.42. The molecule has 0 aliphatic carbocycles. The van der Waals surface area contributed by atoms with E-state index in [1.165, 1.54) is 0 Å². The number of benzene rings is 3. The largest absolute Gasteiger partial charge is 0.334 e. The number of carbonyl (C=O) groups is 1. The standard InChI is InChI=1S/C22H16N6O2/c1-28-19-12-9-16(13-18(19)25-27-28)20-24-22(30-26-20)15-7-10-17(11-8-15)23-21(29)14-5-3-2-4-6-14/h2-13H,1H3,(H,23,29). The molecule has 3 aromatic carbocycles. The van der Waals surface area contributed by atoms with Crippen molar-refractivity contribution in [1.82, 2.24) is 25.1 Å². The first-order valence-electron chi connectivity index (χ1n) is 9.28. The van der Waals surface area contributed by atoms with Crippen molar-refractivity contribution in [3.63, 3.8) is 0 Å². The van der Waals surface area contributed by atoms with Crippen LogP contribution in [0.1, 0.15) is 10.4 Å². The maximum atomic E-state index is 12.3. The summed E-state index contributed by atoms with van der Waals surface area (Å²) in [6, 6.07) is 22.0. The summed E-state index contributed by atoms with van der Waals surface area (Å²) in [7, 11) is 1.84. The van der Waals surface area contributed by atoms with Crippen molar-refractivity contribution in [2.75, 3.05) is 5.32 Å². The molecule has 0 bridgehead atoms. The van der Waals surface area contributed by atoms with E-state index >= 15 is 0 Å². The van der Waals surface area contributed by atoms with E-state index in [2.05, 4.69) is 25.8 Å². The predicted molar refractivity (Wildman–Crippen MR) is 112 cm³/mol. The van der Waals surface area contributed by atoms with Crippen molar-refractivity contribution in [1.29, 1.82) is 0 Å². The van der Waals surface area contributed by atoms with Crippen molar-refractivity contribution in [2.24, 2.45) is 7.05 Å². The van der Waals surface area contributed by atoms with Crippen molar-refractivity contribution in [2.45, 2.75) is 0 Å². The Kier molecular flexibility index (Phi) is 4.29. The van der Waals surface area contributed by atoms with Gasteiger partial charge in [-0.3, -0.25) is 4.79 Å². The van der Waals surface area contributed by atoms with Crippen LogP contribution in [0.2, 0.25) is 0 Å². The van der Waals surface area contributed by atoms with E-state index in [-0.39, 0.29) is 5.91 Å². The number of carbonyl (C=O) groups excluding carboxylic acids is 1. The van der Waals surface area contributed by atoms with Gasteiger partial charge >= 0.3 is 0 Å². The van der Waals surface area contributed by atoms with Crippen LogP contribution < -0.4 is 5.32 Å². The van der Waals surface area contributed by atoms with Gasteiger partial charge in [-0.05, 0) is 54.6 Å². The summed E-state index contributed by atoms with van der Waals surface area (Å²) in [5, 5.41) is 15.1. The number of nitrogens with zero attached hydrogens (tertiary/aromatic N) is 5. The van der Waals surface area contributed by atoms with E-state index < -0.39 is 0 Å². The molecule has 1 N–H and O–H groups in total. The van der Waals surface area contributed by atoms with Crippen LogP contribution in [0.15, 0.2) is 77.3 Å². The van der Waals surface area contributed by atoms with Crippen LogP contribution in [0.25, 0.3) is 33.9 Å². The molecule has 0 aliphatic heterocycles. The number of fused-ring (bicyclic) bond motifs is 1. The first-order chi connectivity index (χ1) is 14.7. The highest BCUT2D eigenvalue weighted by Crippen LogP contribution is 2.25. The normalized spacial score (nSPS) is 11.0. The second-order valence-electron chi connectivity index (χ2n) is 6.74. The van der Waals surface area contributed by atoms with Crippen molar-refractivity contribution >= 4 is 22.6 Å². The molecule has 5 rings (SSSR count). The second-order valence-corrected chi connectivity index (χ2v) is 6.74. The molecule has 0 aliphatic rings. The first-order valence-corrected chi connectivity index (χ1v) is 9.28. The van der Waals surface area contributed by atoms with Crippen LogP contribution in [-0.4, -0.2) is 31.0 Å². The molecule has 1 amide bonds. The fraction of sp³-hybridized carbons (Fsp3) is 0.0455. The van der Waals surface area contributed by atoms with Gasteiger partial charge in [0.05, 0.1) is 5.52 Å². The Morgan fingerprint density at radius 3 is 2.53 bits per heavy atom. The number of hydrogen-bond acceptors (Lipinski definition) is 6. The molecule has 0 saturated heterocycles. The summed E-state index contributed by atoms with van der Waals surface area (Å²) < 4.78 is 7.13. The molecule has 30 heavy (non-hydrogen) atoms. The van der Waals surface area contributed by atoms with Crippen molar-refractivity contribution < 1.29 is 9.32 Å². The molecular weight excluding hydrogens is 380 g/mol. The summed E-state index contributed by atoms with van der Waals surface area (Å²) in [5.74, 6) is 0.701. The highest BCUT2D eigenvalue weighted by molar-refractivity contribution is 6.04. The van der Waals surface area contributed by atoms with Gasteiger partial charge in [0.1, 0.15) is 5.52 Å². The van der Waals surface area contributed by atoms with Gasteiger partial charge < -0.3 is 9.84 Å². The van der Waals surface area contributed by atoms with Crippen molar-refractivity contribution in [3.8, 4) is 22.8 Å². The quantitative estimate of drug-likeness (QED) is 0.494. The van der Waals surface area contributed by atoms with Crippen LogP contribution in [0.4, 0.5) is 5.69 Å². The van der Waals surface area contributed by atoms with Gasteiger partial charge in [0, 0.05) is 29.4 Å². The zero-order valence-electron chi connectivity index (χ0n) is 16.0. The zero-order chi connectivity index (χ0) is 20.5. The summed E-state index contributed by atoms with van der Waals surface area (Å²) in [6.07, 6.45) is 0. The summed E-state index contributed by atoms with van der Waals surface area (Å²) in [5.41, 5.74) is 4.52. The van der Waals surface area contributed by atoms with Crippen LogP contribution in [0.3, 0.4) is 0 Å². The molecule has 0 atom stereocenters. The van der Waals surface area contributed by atoms with Gasteiger partial charge in [0.2, 0.25) is 5.82 Å². The SMILES string of the molecule is Cn1nnc2cc(-c3noc(-c4ccc(NC(=O)c5ccccc5)cc4)n3)ccc21. The van der Waals surface area contributed by atoms with Gasteiger partial charge in [0.15, 0.2) is 0 Å². The molecule has 146 valence electrons. The molecule has 0 saturated carbocycles. The molecule has 2 aromatic heterocycles. The smallest absolute Gasteiger partial charge is 0.258 e. The van der Waals surface area contributed by atoms with Crippen LogP contribution in [0, 0.1) is 0 Å². The fourth-order valence-electron chi connectivity index (χ4n) is 3.13. The molecule has 5 aromatic rings. The number of aromatic nitrogens is 5. The van der Waals surface area contributed by atoms with Crippen LogP contribution >= 0.6 is 0 Å². The highest BCUT2D eigenvalue weighted by Gasteiger charge is 2.13. The Hall–Kier alpha value is -4.33. The van der Waals surface area contributed by atoms with Gasteiger partial charge in [-0.25, -0.2) is 4.68 Å². The topological polar surface area (TPSA) is 98.7 Å². The molecule has 0 fully saturated rings.